The Morgan fingerprint density at radius 2 is 2.00 bits per heavy atom. The zero-order valence-electron chi connectivity index (χ0n) is 17.8. The van der Waals surface area contributed by atoms with Gasteiger partial charge >= 0.3 is 6.03 Å². The van der Waals surface area contributed by atoms with E-state index in [0.717, 1.165) is 5.56 Å². The number of aliphatic hydroxyl groups is 1. The van der Waals surface area contributed by atoms with Gasteiger partial charge in [-0.3, -0.25) is 4.79 Å². The first-order valence-corrected chi connectivity index (χ1v) is 11.0. The third-order valence-electron chi connectivity index (χ3n) is 5.27. The van der Waals surface area contributed by atoms with Crippen LogP contribution in [-0.4, -0.2) is 47.1 Å². The predicted octanol–water partition coefficient (Wildman–Crippen LogP) is 3.33. The molecule has 1 aliphatic rings. The van der Waals surface area contributed by atoms with Crippen molar-refractivity contribution >= 4 is 40.8 Å². The molecule has 3 rings (SSSR count). The van der Waals surface area contributed by atoms with E-state index in [9.17, 15) is 14.7 Å². The Labute approximate surface area is 195 Å². The Kier molecular flexibility index (Phi) is 8.36. The number of benzene rings is 1. The molecular formula is C21H26Cl2N4O5. The van der Waals surface area contributed by atoms with Crippen molar-refractivity contribution < 1.29 is 24.0 Å². The number of aryl methyl sites for hydroxylation is 2. The van der Waals surface area contributed by atoms with Crippen LogP contribution in [0.4, 0.5) is 10.5 Å². The van der Waals surface area contributed by atoms with Gasteiger partial charge in [0.05, 0.1) is 35.2 Å². The number of nitrogens with zero attached hydrogens (tertiary/aromatic N) is 1. The van der Waals surface area contributed by atoms with Gasteiger partial charge in [0.25, 0.3) is 0 Å². The number of halogens is 2. The second-order valence-corrected chi connectivity index (χ2v) is 8.50. The fourth-order valence-electron chi connectivity index (χ4n) is 3.56. The van der Waals surface area contributed by atoms with E-state index in [2.05, 4.69) is 21.1 Å². The average molecular weight is 485 g/mol. The van der Waals surface area contributed by atoms with Gasteiger partial charge in [-0.15, -0.1) is 0 Å². The number of amides is 3. The Hall–Kier alpha value is -2.33. The van der Waals surface area contributed by atoms with E-state index in [0.29, 0.717) is 46.6 Å². The van der Waals surface area contributed by atoms with Crippen molar-refractivity contribution in [3.63, 3.8) is 0 Å². The lowest BCUT2D eigenvalue weighted by Crippen LogP contribution is -2.52. The van der Waals surface area contributed by atoms with E-state index in [1.54, 1.807) is 32.0 Å². The summed E-state index contributed by atoms with van der Waals surface area (Å²) in [5.74, 6) is 0.323. The van der Waals surface area contributed by atoms with Crippen molar-refractivity contribution in [1.82, 2.24) is 15.8 Å². The third-order valence-corrected chi connectivity index (χ3v) is 6.01. The molecule has 2 aromatic rings. The van der Waals surface area contributed by atoms with E-state index >= 15 is 0 Å². The molecule has 1 aliphatic heterocycles. The molecule has 1 fully saturated rings. The Balaban J connectivity index is 1.46. The lowest BCUT2D eigenvalue weighted by molar-refractivity contribution is -0.130. The fraction of sp³-hybridized carbons (Fsp3) is 0.476. The quantitative estimate of drug-likeness (QED) is 0.477. The van der Waals surface area contributed by atoms with Crippen LogP contribution in [-0.2, 0) is 16.1 Å². The van der Waals surface area contributed by atoms with Gasteiger partial charge in [0.2, 0.25) is 5.91 Å². The summed E-state index contributed by atoms with van der Waals surface area (Å²) in [7, 11) is 0. The second-order valence-electron chi connectivity index (χ2n) is 7.69. The summed E-state index contributed by atoms with van der Waals surface area (Å²) in [5.41, 5.74) is 1.92. The number of aliphatic hydroxyl groups excluding tert-OH is 1. The van der Waals surface area contributed by atoms with E-state index in [4.69, 9.17) is 32.5 Å². The molecule has 3 amide bonds. The van der Waals surface area contributed by atoms with E-state index in [1.807, 2.05) is 0 Å². The zero-order chi connectivity index (χ0) is 23.3. The number of carbonyl (C=O) groups excluding carboxylic acids is 2. The van der Waals surface area contributed by atoms with Crippen LogP contribution in [0.3, 0.4) is 0 Å². The highest BCUT2D eigenvalue weighted by Gasteiger charge is 2.33. The first kappa shape index (κ1) is 24.3. The standard InChI is InChI=1S/C21H26Cl2N4O5/c1-11-20(12(2)32-27-11)26-21(30)25-17-6-4-14(31-18(17)10-28)8-19(29)24-9-13-3-5-15(22)16(23)7-13/h3,5,7,14,17-18,28H,4,6,8-10H2,1-2H3,(H,24,29)(H2,25,26,30)/t14-,17-,18-/m1/s1. The van der Waals surface area contributed by atoms with Crippen LogP contribution in [0.15, 0.2) is 22.7 Å². The number of nitrogens with one attached hydrogen (secondary N) is 3. The van der Waals surface area contributed by atoms with Gasteiger partial charge in [-0.25, -0.2) is 4.79 Å². The van der Waals surface area contributed by atoms with Crippen molar-refractivity contribution in [3.05, 3.63) is 45.3 Å². The molecule has 32 heavy (non-hydrogen) atoms. The number of rotatable bonds is 7. The maximum absolute atomic E-state index is 12.4. The molecule has 174 valence electrons. The molecule has 1 aromatic heterocycles. The summed E-state index contributed by atoms with van der Waals surface area (Å²) in [6.45, 7) is 3.46. The molecular weight excluding hydrogens is 459 g/mol. The lowest BCUT2D eigenvalue weighted by Gasteiger charge is -2.35. The summed E-state index contributed by atoms with van der Waals surface area (Å²) in [6, 6.07) is 4.33. The predicted molar refractivity (Wildman–Crippen MR) is 120 cm³/mol. The largest absolute Gasteiger partial charge is 0.394 e. The van der Waals surface area contributed by atoms with Gasteiger partial charge in [-0.05, 0) is 44.4 Å². The maximum atomic E-state index is 12.4. The number of aromatic nitrogens is 1. The van der Waals surface area contributed by atoms with Crippen molar-refractivity contribution in [1.29, 1.82) is 0 Å². The lowest BCUT2D eigenvalue weighted by atomic mass is 9.97. The highest BCUT2D eigenvalue weighted by molar-refractivity contribution is 6.42. The zero-order valence-corrected chi connectivity index (χ0v) is 19.3. The minimum Gasteiger partial charge on any atom is -0.394 e. The number of anilines is 1. The molecule has 2 heterocycles. The van der Waals surface area contributed by atoms with Gasteiger partial charge in [-0.2, -0.15) is 0 Å². The van der Waals surface area contributed by atoms with Crippen molar-refractivity contribution in [2.24, 2.45) is 0 Å². The summed E-state index contributed by atoms with van der Waals surface area (Å²) in [5, 5.41) is 22.8. The highest BCUT2D eigenvalue weighted by atomic mass is 35.5. The maximum Gasteiger partial charge on any atom is 0.319 e. The summed E-state index contributed by atoms with van der Waals surface area (Å²) < 4.78 is 10.9. The first-order chi connectivity index (χ1) is 15.3. The van der Waals surface area contributed by atoms with E-state index in [1.165, 1.54) is 0 Å². The van der Waals surface area contributed by atoms with Crippen LogP contribution < -0.4 is 16.0 Å². The summed E-state index contributed by atoms with van der Waals surface area (Å²) in [6.07, 6.45) is 0.296. The normalized spacial score (nSPS) is 20.6. The van der Waals surface area contributed by atoms with Crippen LogP contribution in [0.25, 0.3) is 0 Å². The summed E-state index contributed by atoms with van der Waals surface area (Å²) in [4.78, 5) is 24.7. The van der Waals surface area contributed by atoms with Crippen molar-refractivity contribution in [3.8, 4) is 0 Å². The minimum atomic E-state index is -0.618. The van der Waals surface area contributed by atoms with Crippen LogP contribution in [0, 0.1) is 13.8 Å². The number of hydrogen-bond donors (Lipinski definition) is 4. The Bertz CT molecular complexity index is 948. The Morgan fingerprint density at radius 1 is 1.22 bits per heavy atom. The van der Waals surface area contributed by atoms with Gasteiger partial charge in [0.15, 0.2) is 5.76 Å². The third kappa shape index (κ3) is 6.35. The first-order valence-electron chi connectivity index (χ1n) is 10.2. The van der Waals surface area contributed by atoms with Gasteiger partial charge in [0, 0.05) is 6.54 Å². The monoisotopic (exact) mass is 484 g/mol. The van der Waals surface area contributed by atoms with E-state index in [-0.39, 0.29) is 25.0 Å². The molecule has 0 bridgehead atoms. The Morgan fingerprint density at radius 3 is 2.66 bits per heavy atom. The molecule has 4 N–H and O–H groups in total. The molecule has 0 aliphatic carbocycles. The molecule has 0 spiro atoms. The number of hydrogen-bond acceptors (Lipinski definition) is 6. The van der Waals surface area contributed by atoms with E-state index < -0.39 is 18.2 Å². The highest BCUT2D eigenvalue weighted by Crippen LogP contribution is 2.24. The van der Waals surface area contributed by atoms with Crippen LogP contribution in [0.5, 0.6) is 0 Å². The minimum absolute atomic E-state index is 0.149. The smallest absolute Gasteiger partial charge is 0.319 e. The van der Waals surface area contributed by atoms with Crippen molar-refractivity contribution in [2.45, 2.75) is 57.9 Å². The second kappa shape index (κ2) is 11.0. The van der Waals surface area contributed by atoms with Gasteiger partial charge < -0.3 is 30.3 Å². The summed E-state index contributed by atoms with van der Waals surface area (Å²) >= 11 is 11.9. The fourth-order valence-corrected chi connectivity index (χ4v) is 3.88. The van der Waals surface area contributed by atoms with Crippen LogP contribution in [0.2, 0.25) is 10.0 Å². The van der Waals surface area contributed by atoms with Crippen LogP contribution >= 0.6 is 23.2 Å². The topological polar surface area (TPSA) is 126 Å². The molecule has 3 atom stereocenters. The molecule has 1 aromatic carbocycles. The van der Waals surface area contributed by atoms with Crippen LogP contribution in [0.1, 0.15) is 36.3 Å². The average Bonchev–Trinajstić information content (AvgIpc) is 3.07. The number of urea groups is 1. The molecule has 11 heteroatoms. The molecule has 0 radical (unpaired) electrons. The number of carbonyl (C=O) groups is 2. The molecule has 0 saturated carbocycles. The molecule has 1 saturated heterocycles. The molecule has 0 unspecified atom stereocenters. The number of ether oxygens (including phenoxy) is 1. The van der Waals surface area contributed by atoms with Crippen molar-refractivity contribution in [2.75, 3.05) is 11.9 Å². The van der Waals surface area contributed by atoms with Gasteiger partial charge in [-0.1, -0.05) is 34.4 Å². The van der Waals surface area contributed by atoms with Gasteiger partial charge in [0.1, 0.15) is 17.5 Å². The SMILES string of the molecule is Cc1noc(C)c1NC(=O)N[C@@H]1CC[C@H](CC(=O)NCc2ccc(Cl)c(Cl)c2)O[C@@H]1CO. The molecule has 9 nitrogen and oxygen atoms in total.